The van der Waals surface area contributed by atoms with E-state index in [2.05, 4.69) is 17.2 Å². The maximum Gasteiger partial charge on any atom is 0.256 e. The molecule has 2 atom stereocenters. The average Bonchev–Trinajstić information content (AvgIpc) is 2.52. The minimum Gasteiger partial charge on any atom is -0.480 e. The van der Waals surface area contributed by atoms with Crippen LogP contribution in [0.15, 0.2) is 18.3 Å². The van der Waals surface area contributed by atoms with Gasteiger partial charge in [0, 0.05) is 12.7 Å². The van der Waals surface area contributed by atoms with Crippen LogP contribution in [0.25, 0.3) is 0 Å². The third kappa shape index (κ3) is 4.43. The smallest absolute Gasteiger partial charge is 0.256 e. The largest absolute Gasteiger partial charge is 0.480 e. The highest BCUT2D eigenvalue weighted by molar-refractivity contribution is 5.96. The van der Waals surface area contributed by atoms with Gasteiger partial charge in [-0.2, -0.15) is 0 Å². The van der Waals surface area contributed by atoms with Crippen molar-refractivity contribution >= 4 is 5.91 Å². The molecule has 5 nitrogen and oxygen atoms in total. The summed E-state index contributed by atoms with van der Waals surface area (Å²) in [5.74, 6) is 0.782. The number of nitrogens with one attached hydrogen (secondary N) is 1. The number of ether oxygens (including phenoxy) is 2. The summed E-state index contributed by atoms with van der Waals surface area (Å²) in [6.45, 7) is 3.28. The number of nitrogens with zero attached hydrogens (tertiary/aromatic N) is 1. The predicted octanol–water partition coefficient (Wildman–Crippen LogP) is 2.42. The standard InChI is InChI=1S/C16H24N2O3/c1-12-6-3-4-8-14(12)21-11-10-17-15(19)13-7-5-9-18-16(13)20-2/h5,7,9,12,14H,3-4,6,8,10-11H2,1-2H3,(H,17,19)/t12-,14+/m0/s1. The summed E-state index contributed by atoms with van der Waals surface area (Å²) in [4.78, 5) is 16.1. The van der Waals surface area contributed by atoms with E-state index in [1.807, 2.05) is 0 Å². The van der Waals surface area contributed by atoms with E-state index in [-0.39, 0.29) is 5.91 Å². The number of methoxy groups -OCH3 is 1. The lowest BCUT2D eigenvalue weighted by molar-refractivity contribution is -0.00294. The Labute approximate surface area is 126 Å². The summed E-state index contributed by atoms with van der Waals surface area (Å²) < 4.78 is 11.0. The van der Waals surface area contributed by atoms with Crippen molar-refractivity contribution in [2.24, 2.45) is 5.92 Å². The van der Waals surface area contributed by atoms with E-state index in [1.54, 1.807) is 18.3 Å². The van der Waals surface area contributed by atoms with Crippen molar-refractivity contribution in [3.05, 3.63) is 23.9 Å². The fraction of sp³-hybridized carbons (Fsp3) is 0.625. The Morgan fingerprint density at radius 2 is 2.24 bits per heavy atom. The van der Waals surface area contributed by atoms with Crippen LogP contribution in [0.5, 0.6) is 5.88 Å². The molecule has 2 rings (SSSR count). The monoisotopic (exact) mass is 292 g/mol. The maximum absolute atomic E-state index is 12.1. The third-order valence-electron chi connectivity index (χ3n) is 3.96. The van der Waals surface area contributed by atoms with Crippen LogP contribution in [0.2, 0.25) is 0 Å². The molecular formula is C16H24N2O3. The lowest BCUT2D eigenvalue weighted by Gasteiger charge is -2.28. The summed E-state index contributed by atoms with van der Waals surface area (Å²) in [6.07, 6.45) is 6.86. The van der Waals surface area contributed by atoms with Crippen molar-refractivity contribution in [2.75, 3.05) is 20.3 Å². The average molecular weight is 292 g/mol. The minimum absolute atomic E-state index is 0.180. The van der Waals surface area contributed by atoms with Gasteiger partial charge in [-0.25, -0.2) is 4.98 Å². The molecule has 1 aromatic rings. The van der Waals surface area contributed by atoms with Crippen LogP contribution in [-0.4, -0.2) is 37.3 Å². The van der Waals surface area contributed by atoms with E-state index in [0.29, 0.717) is 36.6 Å². The van der Waals surface area contributed by atoms with E-state index in [4.69, 9.17) is 9.47 Å². The van der Waals surface area contributed by atoms with E-state index < -0.39 is 0 Å². The second-order valence-corrected chi connectivity index (χ2v) is 5.49. The van der Waals surface area contributed by atoms with Crippen molar-refractivity contribution in [1.82, 2.24) is 10.3 Å². The first-order valence-corrected chi connectivity index (χ1v) is 7.61. The van der Waals surface area contributed by atoms with Gasteiger partial charge in [0.1, 0.15) is 5.56 Å². The molecule has 1 fully saturated rings. The number of amides is 1. The minimum atomic E-state index is -0.180. The molecule has 1 aromatic heterocycles. The van der Waals surface area contributed by atoms with Gasteiger partial charge in [0.25, 0.3) is 5.91 Å². The van der Waals surface area contributed by atoms with E-state index in [0.717, 1.165) is 6.42 Å². The molecule has 1 aliphatic rings. The Balaban J connectivity index is 1.74. The van der Waals surface area contributed by atoms with Crippen LogP contribution in [0.4, 0.5) is 0 Å². The summed E-state index contributed by atoms with van der Waals surface area (Å²) in [5, 5.41) is 2.84. The SMILES string of the molecule is COc1ncccc1C(=O)NCCO[C@@H]1CCCC[C@@H]1C. The van der Waals surface area contributed by atoms with Crippen molar-refractivity contribution < 1.29 is 14.3 Å². The fourth-order valence-corrected chi connectivity index (χ4v) is 2.73. The Morgan fingerprint density at radius 3 is 3.00 bits per heavy atom. The Bertz CT molecular complexity index is 465. The van der Waals surface area contributed by atoms with Gasteiger partial charge < -0.3 is 14.8 Å². The summed E-state index contributed by atoms with van der Waals surface area (Å²) >= 11 is 0. The molecule has 0 radical (unpaired) electrons. The van der Waals surface area contributed by atoms with Crippen molar-refractivity contribution in [3.63, 3.8) is 0 Å². The van der Waals surface area contributed by atoms with Crippen LogP contribution in [-0.2, 0) is 4.74 Å². The summed E-state index contributed by atoms with van der Waals surface area (Å²) in [6, 6.07) is 3.42. The van der Waals surface area contributed by atoms with E-state index in [1.165, 1.54) is 26.4 Å². The number of carbonyl (C=O) groups is 1. The molecule has 0 unspecified atom stereocenters. The number of carbonyl (C=O) groups excluding carboxylic acids is 1. The zero-order valence-corrected chi connectivity index (χ0v) is 12.8. The van der Waals surface area contributed by atoms with E-state index in [9.17, 15) is 4.79 Å². The first kappa shape index (κ1) is 15.8. The van der Waals surface area contributed by atoms with Crippen molar-refractivity contribution in [3.8, 4) is 5.88 Å². The summed E-state index contributed by atoms with van der Waals surface area (Å²) in [5.41, 5.74) is 0.450. The van der Waals surface area contributed by atoms with Gasteiger partial charge in [-0.05, 0) is 30.9 Å². The number of hydrogen-bond donors (Lipinski definition) is 1. The van der Waals surface area contributed by atoms with Gasteiger partial charge in [-0.15, -0.1) is 0 Å². The molecule has 1 heterocycles. The number of rotatable bonds is 6. The normalized spacial score (nSPS) is 21.8. The van der Waals surface area contributed by atoms with Gasteiger partial charge in [0.15, 0.2) is 0 Å². The Kier molecular flexibility index (Phi) is 5.99. The second-order valence-electron chi connectivity index (χ2n) is 5.49. The molecule has 5 heteroatoms. The highest BCUT2D eigenvalue weighted by Crippen LogP contribution is 2.26. The van der Waals surface area contributed by atoms with Crippen molar-refractivity contribution in [2.45, 2.75) is 38.7 Å². The molecule has 0 aliphatic heterocycles. The van der Waals surface area contributed by atoms with Crippen LogP contribution in [0, 0.1) is 5.92 Å². The second kappa shape index (κ2) is 7.98. The molecule has 1 N–H and O–H groups in total. The molecule has 116 valence electrons. The van der Waals surface area contributed by atoms with Crippen LogP contribution < -0.4 is 10.1 Å². The highest BCUT2D eigenvalue weighted by atomic mass is 16.5. The van der Waals surface area contributed by atoms with Crippen molar-refractivity contribution in [1.29, 1.82) is 0 Å². The first-order valence-electron chi connectivity index (χ1n) is 7.61. The van der Waals surface area contributed by atoms with Gasteiger partial charge in [-0.1, -0.05) is 19.8 Å². The Hall–Kier alpha value is -1.62. The molecule has 1 saturated carbocycles. The molecule has 0 saturated heterocycles. The van der Waals surface area contributed by atoms with Crippen LogP contribution >= 0.6 is 0 Å². The fourth-order valence-electron chi connectivity index (χ4n) is 2.73. The topological polar surface area (TPSA) is 60.5 Å². The Morgan fingerprint density at radius 1 is 1.43 bits per heavy atom. The van der Waals surface area contributed by atoms with Gasteiger partial charge in [-0.3, -0.25) is 4.79 Å². The summed E-state index contributed by atoms with van der Waals surface area (Å²) in [7, 11) is 1.51. The molecular weight excluding hydrogens is 268 g/mol. The molecule has 21 heavy (non-hydrogen) atoms. The molecule has 0 spiro atoms. The molecule has 1 aliphatic carbocycles. The number of aromatic nitrogens is 1. The zero-order valence-electron chi connectivity index (χ0n) is 12.8. The van der Waals surface area contributed by atoms with Gasteiger partial charge in [0.2, 0.25) is 5.88 Å². The number of hydrogen-bond acceptors (Lipinski definition) is 4. The lowest BCUT2D eigenvalue weighted by atomic mass is 9.88. The first-order chi connectivity index (χ1) is 10.2. The molecule has 0 aromatic carbocycles. The lowest BCUT2D eigenvalue weighted by Crippen LogP contribution is -2.32. The van der Waals surface area contributed by atoms with E-state index >= 15 is 0 Å². The zero-order chi connectivity index (χ0) is 15.1. The number of pyridine rings is 1. The van der Waals surface area contributed by atoms with Gasteiger partial charge >= 0.3 is 0 Å². The molecule has 1 amide bonds. The van der Waals surface area contributed by atoms with Crippen LogP contribution in [0.1, 0.15) is 43.0 Å². The van der Waals surface area contributed by atoms with Gasteiger partial charge in [0.05, 0.1) is 19.8 Å². The van der Waals surface area contributed by atoms with Crippen LogP contribution in [0.3, 0.4) is 0 Å². The maximum atomic E-state index is 12.1. The predicted molar refractivity (Wildman–Crippen MR) is 80.5 cm³/mol. The molecule has 0 bridgehead atoms. The third-order valence-corrected chi connectivity index (χ3v) is 3.96. The highest BCUT2D eigenvalue weighted by Gasteiger charge is 2.21. The quantitative estimate of drug-likeness (QED) is 0.818.